The zero-order valence-electron chi connectivity index (χ0n) is 14.8. The van der Waals surface area contributed by atoms with Gasteiger partial charge in [0, 0.05) is 22.8 Å². The van der Waals surface area contributed by atoms with Crippen LogP contribution in [0.25, 0.3) is 21.8 Å². The highest BCUT2D eigenvalue weighted by Gasteiger charge is 2.15. The van der Waals surface area contributed by atoms with Crippen LogP contribution in [0.2, 0.25) is 0 Å². The first-order valence-electron chi connectivity index (χ1n) is 8.81. The highest BCUT2D eigenvalue weighted by molar-refractivity contribution is 6.06. The summed E-state index contributed by atoms with van der Waals surface area (Å²) in [6, 6.07) is 13.1. The summed E-state index contributed by atoms with van der Waals surface area (Å²) in [4.78, 5) is 28.1. The molecule has 2 aromatic heterocycles. The van der Waals surface area contributed by atoms with E-state index in [-0.39, 0.29) is 24.8 Å². The summed E-state index contributed by atoms with van der Waals surface area (Å²) in [5, 5.41) is 8.63. The Bertz CT molecular complexity index is 1270. The number of para-hydroxylation sites is 1. The van der Waals surface area contributed by atoms with E-state index in [0.717, 1.165) is 26.5 Å². The van der Waals surface area contributed by atoms with Gasteiger partial charge in [-0.05, 0) is 23.8 Å². The Hall–Kier alpha value is -3.81. The number of nitrogens with zero attached hydrogens (tertiary/aromatic N) is 2. The highest BCUT2D eigenvalue weighted by Crippen LogP contribution is 2.32. The van der Waals surface area contributed by atoms with Crippen LogP contribution in [-0.2, 0) is 17.9 Å². The van der Waals surface area contributed by atoms with Crippen LogP contribution in [0.3, 0.4) is 0 Å². The maximum Gasteiger partial charge on any atom is 0.291 e. The van der Waals surface area contributed by atoms with Crippen molar-refractivity contribution >= 4 is 27.7 Å². The van der Waals surface area contributed by atoms with Crippen LogP contribution in [0.15, 0.2) is 53.5 Å². The monoisotopic (exact) mass is 376 g/mol. The van der Waals surface area contributed by atoms with Gasteiger partial charge in [0.2, 0.25) is 12.7 Å². The molecule has 0 saturated heterocycles. The molecular formula is C20H16N4O4. The maximum atomic E-state index is 12.7. The number of aromatic amines is 1. The molecule has 1 aliphatic rings. The highest BCUT2D eigenvalue weighted by atomic mass is 16.7. The molecule has 0 spiro atoms. The summed E-state index contributed by atoms with van der Waals surface area (Å²) >= 11 is 0. The Morgan fingerprint density at radius 2 is 2.00 bits per heavy atom. The van der Waals surface area contributed by atoms with Crippen LogP contribution in [0.1, 0.15) is 5.56 Å². The lowest BCUT2D eigenvalue weighted by molar-refractivity contribution is -0.122. The number of ether oxygens (including phenoxy) is 2. The molecule has 0 aliphatic carbocycles. The van der Waals surface area contributed by atoms with Crippen molar-refractivity contribution in [1.29, 1.82) is 0 Å². The minimum absolute atomic E-state index is 0.158. The lowest BCUT2D eigenvalue weighted by Gasteiger charge is -2.07. The number of nitrogens with one attached hydrogen (secondary N) is 2. The van der Waals surface area contributed by atoms with E-state index in [0.29, 0.717) is 23.6 Å². The minimum Gasteiger partial charge on any atom is -0.454 e. The normalized spacial score (nSPS) is 12.6. The molecule has 140 valence electrons. The van der Waals surface area contributed by atoms with Gasteiger partial charge in [0.25, 0.3) is 5.56 Å². The van der Waals surface area contributed by atoms with Crippen LogP contribution in [0, 0.1) is 0 Å². The van der Waals surface area contributed by atoms with E-state index in [9.17, 15) is 9.59 Å². The van der Waals surface area contributed by atoms with Crippen molar-refractivity contribution in [2.24, 2.45) is 0 Å². The zero-order chi connectivity index (χ0) is 19.1. The Morgan fingerprint density at radius 3 is 2.93 bits per heavy atom. The summed E-state index contributed by atoms with van der Waals surface area (Å²) in [5.41, 5.74) is 1.86. The number of carbonyl (C=O) groups is 1. The second-order valence-corrected chi connectivity index (χ2v) is 6.53. The third kappa shape index (κ3) is 2.75. The average molecular weight is 376 g/mol. The van der Waals surface area contributed by atoms with Gasteiger partial charge in [-0.2, -0.15) is 5.10 Å². The van der Waals surface area contributed by atoms with Gasteiger partial charge < -0.3 is 19.8 Å². The molecule has 2 N–H and O–H groups in total. The lowest BCUT2D eigenvalue weighted by atomic mass is 10.2. The summed E-state index contributed by atoms with van der Waals surface area (Å²) in [7, 11) is 0. The number of fused-ring (bicyclic) bond motifs is 4. The summed E-state index contributed by atoms with van der Waals surface area (Å²) in [5.74, 6) is 1.05. The van der Waals surface area contributed by atoms with Gasteiger partial charge in [0.15, 0.2) is 11.5 Å². The Morgan fingerprint density at radius 1 is 1.14 bits per heavy atom. The van der Waals surface area contributed by atoms with Gasteiger partial charge in [-0.25, -0.2) is 4.68 Å². The fourth-order valence-corrected chi connectivity index (χ4v) is 3.33. The molecule has 8 heteroatoms. The van der Waals surface area contributed by atoms with Gasteiger partial charge in [0.05, 0.1) is 6.20 Å². The van der Waals surface area contributed by atoms with Gasteiger partial charge >= 0.3 is 0 Å². The van der Waals surface area contributed by atoms with E-state index >= 15 is 0 Å². The average Bonchev–Trinajstić information content (AvgIpc) is 3.33. The molecular weight excluding hydrogens is 360 g/mol. The van der Waals surface area contributed by atoms with Crippen molar-refractivity contribution in [3.63, 3.8) is 0 Å². The lowest BCUT2D eigenvalue weighted by Crippen LogP contribution is -2.33. The van der Waals surface area contributed by atoms with E-state index in [4.69, 9.17) is 9.47 Å². The van der Waals surface area contributed by atoms with E-state index in [1.807, 2.05) is 36.4 Å². The second kappa shape index (κ2) is 6.41. The number of hydrogen-bond acceptors (Lipinski definition) is 5. The molecule has 3 heterocycles. The molecule has 1 aliphatic heterocycles. The summed E-state index contributed by atoms with van der Waals surface area (Å²) in [6.45, 7) is 0.365. The van der Waals surface area contributed by atoms with Crippen molar-refractivity contribution in [2.75, 3.05) is 6.79 Å². The van der Waals surface area contributed by atoms with Gasteiger partial charge in [-0.1, -0.05) is 24.3 Å². The smallest absolute Gasteiger partial charge is 0.291 e. The Balaban J connectivity index is 1.33. The molecule has 0 fully saturated rings. The quantitative estimate of drug-likeness (QED) is 0.567. The van der Waals surface area contributed by atoms with Crippen molar-refractivity contribution in [1.82, 2.24) is 20.1 Å². The van der Waals surface area contributed by atoms with Gasteiger partial charge in [-0.3, -0.25) is 9.59 Å². The Labute approximate surface area is 158 Å². The maximum absolute atomic E-state index is 12.7. The first kappa shape index (κ1) is 16.4. The van der Waals surface area contributed by atoms with Crippen LogP contribution in [-0.4, -0.2) is 27.5 Å². The molecule has 4 aromatic rings. The van der Waals surface area contributed by atoms with Crippen molar-refractivity contribution < 1.29 is 14.3 Å². The standard InChI is InChI=1S/C20H16N4O4/c25-18(21-8-12-5-6-16-17(7-12)28-11-27-16)10-24-20(26)19-14(9-22-24)13-3-1-2-4-15(13)23-19/h1-7,9,23H,8,10-11H2,(H,21,25). The fourth-order valence-electron chi connectivity index (χ4n) is 3.33. The van der Waals surface area contributed by atoms with E-state index in [1.165, 1.54) is 0 Å². The predicted molar refractivity (Wildman–Crippen MR) is 102 cm³/mol. The first-order valence-corrected chi connectivity index (χ1v) is 8.81. The third-order valence-corrected chi connectivity index (χ3v) is 4.74. The van der Waals surface area contributed by atoms with E-state index < -0.39 is 0 Å². The number of carbonyl (C=O) groups excluding carboxylic acids is 1. The molecule has 0 atom stereocenters. The van der Waals surface area contributed by atoms with Crippen molar-refractivity contribution in [2.45, 2.75) is 13.1 Å². The number of benzene rings is 2. The topological polar surface area (TPSA) is 98.2 Å². The number of H-pyrrole nitrogens is 1. The van der Waals surface area contributed by atoms with E-state index in [1.54, 1.807) is 12.3 Å². The largest absolute Gasteiger partial charge is 0.454 e. The van der Waals surface area contributed by atoms with Crippen LogP contribution in [0.4, 0.5) is 0 Å². The van der Waals surface area contributed by atoms with Crippen molar-refractivity contribution in [3.05, 3.63) is 64.6 Å². The number of amides is 1. The zero-order valence-corrected chi connectivity index (χ0v) is 14.8. The molecule has 0 saturated carbocycles. The SMILES string of the molecule is O=C(Cn1ncc2c([nH]c3ccccc32)c1=O)NCc1ccc2c(c1)OCO2. The molecule has 2 aromatic carbocycles. The molecule has 5 rings (SSSR count). The summed E-state index contributed by atoms with van der Waals surface area (Å²) < 4.78 is 11.8. The molecule has 28 heavy (non-hydrogen) atoms. The fraction of sp³-hybridized carbons (Fsp3) is 0.150. The second-order valence-electron chi connectivity index (χ2n) is 6.53. The van der Waals surface area contributed by atoms with E-state index in [2.05, 4.69) is 15.4 Å². The van der Waals surface area contributed by atoms with Crippen LogP contribution < -0.4 is 20.3 Å². The minimum atomic E-state index is -0.327. The summed E-state index contributed by atoms with van der Waals surface area (Å²) in [6.07, 6.45) is 1.61. The first-order chi connectivity index (χ1) is 13.7. The van der Waals surface area contributed by atoms with Gasteiger partial charge in [0.1, 0.15) is 12.1 Å². The molecule has 0 radical (unpaired) electrons. The third-order valence-electron chi connectivity index (χ3n) is 4.74. The molecule has 0 bridgehead atoms. The van der Waals surface area contributed by atoms with Crippen LogP contribution in [0.5, 0.6) is 11.5 Å². The van der Waals surface area contributed by atoms with Gasteiger partial charge in [-0.15, -0.1) is 0 Å². The molecule has 8 nitrogen and oxygen atoms in total. The predicted octanol–water partition coefficient (Wildman–Crippen LogP) is 1.92. The van der Waals surface area contributed by atoms with Crippen LogP contribution >= 0.6 is 0 Å². The van der Waals surface area contributed by atoms with Crippen molar-refractivity contribution in [3.8, 4) is 11.5 Å². The Kier molecular flexibility index (Phi) is 3.75. The number of hydrogen-bond donors (Lipinski definition) is 2. The number of rotatable bonds is 4. The number of aromatic nitrogens is 3. The molecule has 0 unspecified atom stereocenters. The molecule has 1 amide bonds.